The van der Waals surface area contributed by atoms with E-state index in [0.717, 1.165) is 12.0 Å². The minimum Gasteiger partial charge on any atom is -0.409 e. The molecule has 0 spiro atoms. The summed E-state index contributed by atoms with van der Waals surface area (Å²) in [6, 6.07) is 7.29. The van der Waals surface area contributed by atoms with Gasteiger partial charge in [0.2, 0.25) is 5.91 Å². The van der Waals surface area contributed by atoms with Crippen LogP contribution in [0.1, 0.15) is 17.5 Å². The first kappa shape index (κ1) is 14.3. The van der Waals surface area contributed by atoms with Gasteiger partial charge in [0.15, 0.2) is 5.84 Å². The number of hydrogen-bond acceptors (Lipinski definition) is 4. The molecule has 0 radical (unpaired) electrons. The molecule has 1 aliphatic heterocycles. The van der Waals surface area contributed by atoms with Crippen molar-refractivity contribution in [2.75, 3.05) is 20.3 Å². The summed E-state index contributed by atoms with van der Waals surface area (Å²) in [5.41, 5.74) is 7.12. The highest BCUT2D eigenvalue weighted by molar-refractivity contribution is 5.97. The van der Waals surface area contributed by atoms with Gasteiger partial charge in [0.25, 0.3) is 0 Å². The molecule has 20 heavy (non-hydrogen) atoms. The summed E-state index contributed by atoms with van der Waals surface area (Å²) in [6.45, 7) is 1.65. The smallest absolute Gasteiger partial charge is 0.228 e. The summed E-state index contributed by atoms with van der Waals surface area (Å²) in [5, 5.41) is 11.7. The molecular weight excluding hydrogens is 258 g/mol. The van der Waals surface area contributed by atoms with Gasteiger partial charge in [-0.2, -0.15) is 0 Å². The highest BCUT2D eigenvalue weighted by Gasteiger charge is 2.26. The van der Waals surface area contributed by atoms with Crippen LogP contribution in [-0.2, 0) is 16.1 Å². The molecular formula is C14H19N3O3. The number of carbonyl (C=O) groups excluding carboxylic acids is 1. The molecule has 108 valence electrons. The third-order valence-corrected chi connectivity index (χ3v) is 3.41. The summed E-state index contributed by atoms with van der Waals surface area (Å²) in [6.07, 6.45) is 0.785. The van der Waals surface area contributed by atoms with E-state index in [1.807, 2.05) is 18.2 Å². The fraction of sp³-hybridized carbons (Fsp3) is 0.429. The van der Waals surface area contributed by atoms with E-state index in [2.05, 4.69) is 5.16 Å². The van der Waals surface area contributed by atoms with E-state index in [-0.39, 0.29) is 17.7 Å². The van der Waals surface area contributed by atoms with E-state index < -0.39 is 0 Å². The number of hydrogen-bond donors (Lipinski definition) is 2. The van der Waals surface area contributed by atoms with Gasteiger partial charge in [-0.3, -0.25) is 4.79 Å². The number of rotatable bonds is 4. The Labute approximate surface area is 117 Å². The average Bonchev–Trinajstić information content (AvgIpc) is 3.00. The van der Waals surface area contributed by atoms with E-state index in [4.69, 9.17) is 15.7 Å². The van der Waals surface area contributed by atoms with Crippen LogP contribution in [0.2, 0.25) is 0 Å². The maximum absolute atomic E-state index is 12.2. The lowest BCUT2D eigenvalue weighted by molar-refractivity contribution is -0.134. The summed E-state index contributed by atoms with van der Waals surface area (Å²) in [4.78, 5) is 13.9. The number of nitrogens with zero attached hydrogens (tertiary/aromatic N) is 2. The van der Waals surface area contributed by atoms with Gasteiger partial charge in [-0.25, -0.2) is 0 Å². The molecule has 0 bridgehead atoms. The summed E-state index contributed by atoms with van der Waals surface area (Å²) in [7, 11) is 1.77. The van der Waals surface area contributed by atoms with E-state index >= 15 is 0 Å². The fourth-order valence-electron chi connectivity index (χ4n) is 2.28. The van der Waals surface area contributed by atoms with Gasteiger partial charge in [0.1, 0.15) is 0 Å². The number of amidine groups is 1. The lowest BCUT2D eigenvalue weighted by atomic mass is 10.1. The molecule has 0 aliphatic carbocycles. The van der Waals surface area contributed by atoms with Gasteiger partial charge >= 0.3 is 0 Å². The molecule has 0 saturated carbocycles. The number of nitrogens with two attached hydrogens (primary N) is 1. The minimum absolute atomic E-state index is 0.0349. The first-order chi connectivity index (χ1) is 9.61. The highest BCUT2D eigenvalue weighted by Crippen LogP contribution is 2.16. The summed E-state index contributed by atoms with van der Waals surface area (Å²) < 4.78 is 5.24. The van der Waals surface area contributed by atoms with Crippen LogP contribution in [-0.4, -0.2) is 42.1 Å². The Balaban J connectivity index is 2.03. The first-order valence-electron chi connectivity index (χ1n) is 6.51. The monoisotopic (exact) mass is 277 g/mol. The Hall–Kier alpha value is -2.08. The van der Waals surface area contributed by atoms with Crippen molar-refractivity contribution in [1.29, 1.82) is 0 Å². The molecule has 1 atom stereocenters. The van der Waals surface area contributed by atoms with Crippen LogP contribution in [0, 0.1) is 5.92 Å². The van der Waals surface area contributed by atoms with Gasteiger partial charge in [-0.15, -0.1) is 0 Å². The zero-order valence-corrected chi connectivity index (χ0v) is 11.5. The Morgan fingerprint density at radius 1 is 1.60 bits per heavy atom. The van der Waals surface area contributed by atoms with Crippen molar-refractivity contribution >= 4 is 11.7 Å². The lowest BCUT2D eigenvalue weighted by Crippen LogP contribution is -2.32. The van der Waals surface area contributed by atoms with Crippen molar-refractivity contribution in [2.24, 2.45) is 16.8 Å². The van der Waals surface area contributed by atoms with Crippen molar-refractivity contribution in [3.63, 3.8) is 0 Å². The molecule has 1 aromatic rings. The van der Waals surface area contributed by atoms with Crippen molar-refractivity contribution in [1.82, 2.24) is 4.90 Å². The van der Waals surface area contributed by atoms with Crippen LogP contribution in [0.25, 0.3) is 0 Å². The van der Waals surface area contributed by atoms with Crippen molar-refractivity contribution in [3.05, 3.63) is 35.4 Å². The number of oxime groups is 1. The number of ether oxygens (including phenoxy) is 1. The van der Waals surface area contributed by atoms with Crippen LogP contribution >= 0.6 is 0 Å². The van der Waals surface area contributed by atoms with Crippen LogP contribution in [0.5, 0.6) is 0 Å². The van der Waals surface area contributed by atoms with E-state index in [9.17, 15) is 4.79 Å². The largest absolute Gasteiger partial charge is 0.409 e. The second-order valence-corrected chi connectivity index (χ2v) is 4.94. The SMILES string of the molecule is CN(Cc1cccc(C(N)=NO)c1)C(=O)C1CCOC1. The van der Waals surface area contributed by atoms with Crippen LogP contribution < -0.4 is 5.73 Å². The fourth-order valence-corrected chi connectivity index (χ4v) is 2.28. The molecule has 1 heterocycles. The maximum Gasteiger partial charge on any atom is 0.228 e. The summed E-state index contributed by atoms with van der Waals surface area (Å²) >= 11 is 0. The van der Waals surface area contributed by atoms with Gasteiger partial charge in [0.05, 0.1) is 12.5 Å². The molecule has 3 N–H and O–H groups in total. The Morgan fingerprint density at radius 3 is 3.05 bits per heavy atom. The van der Waals surface area contributed by atoms with Gasteiger partial charge in [0, 0.05) is 25.8 Å². The van der Waals surface area contributed by atoms with E-state index in [1.54, 1.807) is 18.0 Å². The molecule has 6 heteroatoms. The zero-order valence-electron chi connectivity index (χ0n) is 11.5. The lowest BCUT2D eigenvalue weighted by Gasteiger charge is -2.20. The first-order valence-corrected chi connectivity index (χ1v) is 6.51. The molecule has 1 saturated heterocycles. The maximum atomic E-state index is 12.2. The normalized spacial score (nSPS) is 19.1. The van der Waals surface area contributed by atoms with Gasteiger partial charge in [-0.05, 0) is 18.1 Å². The third kappa shape index (κ3) is 3.27. The highest BCUT2D eigenvalue weighted by atomic mass is 16.5. The number of amides is 1. The Morgan fingerprint density at radius 2 is 2.40 bits per heavy atom. The minimum atomic E-state index is -0.0349. The standard InChI is InChI=1S/C14H19N3O3/c1-17(14(18)12-5-6-20-9-12)8-10-3-2-4-11(7-10)13(15)16-19/h2-4,7,12,19H,5-6,8-9H2,1H3,(H2,15,16). The zero-order chi connectivity index (χ0) is 14.5. The van der Waals surface area contributed by atoms with E-state index in [1.165, 1.54) is 0 Å². The van der Waals surface area contributed by atoms with Crippen LogP contribution in [0.4, 0.5) is 0 Å². The Bertz CT molecular complexity index is 510. The van der Waals surface area contributed by atoms with E-state index in [0.29, 0.717) is 25.3 Å². The second-order valence-electron chi connectivity index (χ2n) is 4.94. The molecule has 0 aromatic heterocycles. The second kappa shape index (κ2) is 6.38. The van der Waals surface area contributed by atoms with Crippen molar-refractivity contribution in [3.8, 4) is 0 Å². The van der Waals surface area contributed by atoms with Gasteiger partial charge in [-0.1, -0.05) is 23.4 Å². The van der Waals surface area contributed by atoms with Gasteiger partial charge < -0.3 is 20.6 Å². The van der Waals surface area contributed by atoms with Crippen molar-refractivity contribution in [2.45, 2.75) is 13.0 Å². The third-order valence-electron chi connectivity index (χ3n) is 3.41. The molecule has 2 rings (SSSR count). The predicted octanol–water partition coefficient (Wildman–Crippen LogP) is 0.776. The molecule has 1 unspecified atom stereocenters. The average molecular weight is 277 g/mol. The number of carbonyl (C=O) groups is 1. The predicted molar refractivity (Wildman–Crippen MR) is 74.4 cm³/mol. The van der Waals surface area contributed by atoms with Crippen LogP contribution in [0.3, 0.4) is 0 Å². The topological polar surface area (TPSA) is 88.1 Å². The Kier molecular flexibility index (Phi) is 4.57. The number of benzene rings is 1. The molecule has 1 aromatic carbocycles. The molecule has 1 aliphatic rings. The summed E-state index contributed by atoms with van der Waals surface area (Å²) in [5.74, 6) is 0.119. The quantitative estimate of drug-likeness (QED) is 0.368. The molecule has 1 fully saturated rings. The van der Waals surface area contributed by atoms with Crippen molar-refractivity contribution < 1.29 is 14.7 Å². The molecule has 6 nitrogen and oxygen atoms in total. The van der Waals surface area contributed by atoms with Crippen LogP contribution in [0.15, 0.2) is 29.4 Å². The molecule has 1 amide bonds.